The van der Waals surface area contributed by atoms with E-state index in [1.165, 1.54) is 28.7 Å². The predicted octanol–water partition coefficient (Wildman–Crippen LogP) is 4.70. The largest absolute Gasteiger partial charge is 0.468 e. The second kappa shape index (κ2) is 5.46. The Morgan fingerprint density at radius 1 is 1.43 bits per heavy atom. The molecule has 5 heteroatoms. The standard InChI is InChI=1S/C16H16N2OS2/c1-10-4-5-12-13(7-10)21-16-14(12)15(17-9-18-16)20-8-11-3-2-6-19-11/h2-3,6,9-10H,4-5,7-8H2,1H3/t10-/m1/s1. The molecule has 3 heterocycles. The van der Waals surface area contributed by atoms with Crippen LogP contribution in [-0.4, -0.2) is 9.97 Å². The molecule has 21 heavy (non-hydrogen) atoms. The molecule has 1 atom stereocenters. The zero-order chi connectivity index (χ0) is 14.2. The molecular formula is C16H16N2OS2. The van der Waals surface area contributed by atoms with E-state index in [-0.39, 0.29) is 0 Å². The first-order chi connectivity index (χ1) is 10.3. The lowest BCUT2D eigenvalue weighted by Crippen LogP contribution is -2.08. The third kappa shape index (κ3) is 2.49. The van der Waals surface area contributed by atoms with E-state index in [0.717, 1.165) is 33.7 Å². The van der Waals surface area contributed by atoms with Crippen molar-refractivity contribution in [3.8, 4) is 0 Å². The van der Waals surface area contributed by atoms with Crippen LogP contribution in [0.3, 0.4) is 0 Å². The van der Waals surface area contributed by atoms with Crippen molar-refractivity contribution >= 4 is 33.3 Å². The second-order valence-corrected chi connectivity index (χ2v) is 7.63. The zero-order valence-electron chi connectivity index (χ0n) is 11.8. The minimum Gasteiger partial charge on any atom is -0.468 e. The van der Waals surface area contributed by atoms with E-state index in [1.54, 1.807) is 24.4 Å². The molecular weight excluding hydrogens is 300 g/mol. The number of thiophene rings is 1. The summed E-state index contributed by atoms with van der Waals surface area (Å²) in [6.45, 7) is 2.34. The van der Waals surface area contributed by atoms with Crippen molar-refractivity contribution in [2.24, 2.45) is 5.92 Å². The summed E-state index contributed by atoms with van der Waals surface area (Å²) in [5.74, 6) is 2.60. The number of aromatic nitrogens is 2. The Morgan fingerprint density at radius 3 is 3.24 bits per heavy atom. The molecule has 3 aromatic heterocycles. The van der Waals surface area contributed by atoms with Crippen LogP contribution in [-0.2, 0) is 18.6 Å². The Kier molecular flexibility index (Phi) is 3.47. The Bertz CT molecular complexity index is 764. The minimum absolute atomic E-state index is 0.790. The Hall–Kier alpha value is -1.33. The van der Waals surface area contributed by atoms with Gasteiger partial charge in [0.25, 0.3) is 0 Å². The van der Waals surface area contributed by atoms with Crippen molar-refractivity contribution < 1.29 is 4.42 Å². The molecule has 0 bridgehead atoms. The molecule has 0 N–H and O–H groups in total. The van der Waals surface area contributed by atoms with Gasteiger partial charge in [-0.25, -0.2) is 9.97 Å². The number of nitrogens with zero attached hydrogens (tertiary/aromatic N) is 2. The summed E-state index contributed by atoms with van der Waals surface area (Å²) in [7, 11) is 0. The van der Waals surface area contributed by atoms with Gasteiger partial charge in [-0.1, -0.05) is 18.7 Å². The van der Waals surface area contributed by atoms with Crippen LogP contribution >= 0.6 is 23.1 Å². The lowest BCUT2D eigenvalue weighted by Gasteiger charge is -2.18. The van der Waals surface area contributed by atoms with E-state index in [9.17, 15) is 0 Å². The molecule has 3 nitrogen and oxygen atoms in total. The van der Waals surface area contributed by atoms with Crippen molar-refractivity contribution in [2.45, 2.75) is 37.0 Å². The maximum Gasteiger partial charge on any atom is 0.128 e. The van der Waals surface area contributed by atoms with E-state index < -0.39 is 0 Å². The van der Waals surface area contributed by atoms with Crippen LogP contribution in [0.2, 0.25) is 0 Å². The number of hydrogen-bond acceptors (Lipinski definition) is 5. The van der Waals surface area contributed by atoms with Gasteiger partial charge in [0.05, 0.1) is 12.0 Å². The third-order valence-corrected chi connectivity index (χ3v) is 6.16. The summed E-state index contributed by atoms with van der Waals surface area (Å²) >= 11 is 3.60. The summed E-state index contributed by atoms with van der Waals surface area (Å²) in [5, 5.41) is 2.39. The Morgan fingerprint density at radius 2 is 2.38 bits per heavy atom. The number of fused-ring (bicyclic) bond motifs is 3. The summed E-state index contributed by atoms with van der Waals surface area (Å²) in [6, 6.07) is 3.94. The predicted molar refractivity (Wildman–Crippen MR) is 86.9 cm³/mol. The van der Waals surface area contributed by atoms with Gasteiger partial charge < -0.3 is 4.42 Å². The first kappa shape index (κ1) is 13.3. The van der Waals surface area contributed by atoms with Crippen molar-refractivity contribution in [3.63, 3.8) is 0 Å². The highest BCUT2D eigenvalue weighted by Crippen LogP contribution is 2.40. The maximum atomic E-state index is 5.41. The molecule has 0 spiro atoms. The number of rotatable bonds is 3. The van der Waals surface area contributed by atoms with Gasteiger partial charge in [-0.05, 0) is 42.9 Å². The van der Waals surface area contributed by atoms with Gasteiger partial charge in [0.1, 0.15) is 21.9 Å². The van der Waals surface area contributed by atoms with Crippen LogP contribution in [0.4, 0.5) is 0 Å². The normalized spacial score (nSPS) is 18.0. The van der Waals surface area contributed by atoms with E-state index in [2.05, 4.69) is 16.9 Å². The van der Waals surface area contributed by atoms with Gasteiger partial charge in [-0.15, -0.1) is 11.3 Å². The van der Waals surface area contributed by atoms with Crippen LogP contribution in [0.25, 0.3) is 10.2 Å². The lowest BCUT2D eigenvalue weighted by molar-refractivity contribution is 0.509. The summed E-state index contributed by atoms with van der Waals surface area (Å²) < 4.78 is 5.41. The van der Waals surface area contributed by atoms with Crippen LogP contribution in [0.5, 0.6) is 0 Å². The van der Waals surface area contributed by atoms with E-state index in [4.69, 9.17) is 4.42 Å². The third-order valence-electron chi connectivity index (χ3n) is 3.99. The van der Waals surface area contributed by atoms with E-state index in [1.807, 2.05) is 23.5 Å². The minimum atomic E-state index is 0.790. The first-order valence-corrected chi connectivity index (χ1v) is 9.02. The Labute approximate surface area is 131 Å². The van der Waals surface area contributed by atoms with Gasteiger partial charge in [-0.2, -0.15) is 0 Å². The molecule has 3 aromatic rings. The van der Waals surface area contributed by atoms with Gasteiger partial charge in [0, 0.05) is 10.3 Å². The number of furan rings is 1. The molecule has 0 saturated carbocycles. The highest BCUT2D eigenvalue weighted by molar-refractivity contribution is 7.98. The fourth-order valence-corrected chi connectivity index (χ4v) is 5.23. The fraction of sp³-hybridized carbons (Fsp3) is 0.375. The van der Waals surface area contributed by atoms with Crippen LogP contribution in [0, 0.1) is 5.92 Å². The fourth-order valence-electron chi connectivity index (χ4n) is 2.89. The smallest absolute Gasteiger partial charge is 0.128 e. The van der Waals surface area contributed by atoms with Gasteiger partial charge in [0.15, 0.2) is 0 Å². The van der Waals surface area contributed by atoms with Crippen LogP contribution in [0.1, 0.15) is 29.5 Å². The summed E-state index contributed by atoms with van der Waals surface area (Å²) in [6.07, 6.45) is 7.05. The second-order valence-electron chi connectivity index (χ2n) is 5.58. The average molecular weight is 316 g/mol. The highest BCUT2D eigenvalue weighted by Gasteiger charge is 2.23. The molecule has 1 aliphatic rings. The highest BCUT2D eigenvalue weighted by atomic mass is 32.2. The van der Waals surface area contributed by atoms with Crippen molar-refractivity contribution in [2.75, 3.05) is 0 Å². The van der Waals surface area contributed by atoms with Crippen molar-refractivity contribution in [1.29, 1.82) is 0 Å². The average Bonchev–Trinajstić information content (AvgIpc) is 3.11. The van der Waals surface area contributed by atoms with Crippen molar-refractivity contribution in [3.05, 3.63) is 40.9 Å². The molecule has 0 aliphatic heterocycles. The van der Waals surface area contributed by atoms with Gasteiger partial charge in [0.2, 0.25) is 0 Å². The van der Waals surface area contributed by atoms with Gasteiger partial charge >= 0.3 is 0 Å². The van der Waals surface area contributed by atoms with Crippen LogP contribution in [0.15, 0.2) is 34.2 Å². The van der Waals surface area contributed by atoms with Crippen LogP contribution < -0.4 is 0 Å². The molecule has 1 aliphatic carbocycles. The van der Waals surface area contributed by atoms with E-state index in [0.29, 0.717) is 0 Å². The first-order valence-electron chi connectivity index (χ1n) is 7.21. The molecule has 0 saturated heterocycles. The summed E-state index contributed by atoms with van der Waals surface area (Å²) in [5.41, 5.74) is 1.50. The zero-order valence-corrected chi connectivity index (χ0v) is 13.5. The SMILES string of the molecule is C[C@@H]1CCc2c(sc3ncnc(SCc4ccco4)c23)C1. The molecule has 0 radical (unpaired) electrons. The topological polar surface area (TPSA) is 38.9 Å². The number of hydrogen-bond donors (Lipinski definition) is 0. The van der Waals surface area contributed by atoms with Crippen molar-refractivity contribution in [1.82, 2.24) is 9.97 Å². The molecule has 0 aromatic carbocycles. The molecule has 0 fully saturated rings. The quantitative estimate of drug-likeness (QED) is 0.518. The monoisotopic (exact) mass is 316 g/mol. The lowest BCUT2D eigenvalue weighted by atomic mass is 9.89. The summed E-state index contributed by atoms with van der Waals surface area (Å²) in [4.78, 5) is 11.7. The Balaban J connectivity index is 1.72. The maximum absolute atomic E-state index is 5.41. The van der Waals surface area contributed by atoms with E-state index >= 15 is 0 Å². The number of thioether (sulfide) groups is 1. The van der Waals surface area contributed by atoms with Gasteiger partial charge in [-0.3, -0.25) is 0 Å². The molecule has 0 amide bonds. The number of aryl methyl sites for hydroxylation is 1. The molecule has 4 rings (SSSR count). The molecule has 108 valence electrons. The molecule has 0 unspecified atom stereocenters.